The Morgan fingerprint density at radius 3 is 2.91 bits per heavy atom. The second kappa shape index (κ2) is 5.25. The van der Waals surface area contributed by atoms with Gasteiger partial charge in [0, 0.05) is 23.3 Å². The van der Waals surface area contributed by atoms with E-state index in [4.69, 9.17) is 4.84 Å². The molecule has 0 bridgehead atoms. The molecule has 22 heavy (non-hydrogen) atoms. The summed E-state index contributed by atoms with van der Waals surface area (Å²) in [6, 6.07) is 1.82. The first kappa shape index (κ1) is 14.2. The van der Waals surface area contributed by atoms with Gasteiger partial charge < -0.3 is 4.84 Å². The summed E-state index contributed by atoms with van der Waals surface area (Å²) in [4.78, 5) is 26.2. The second-order valence-electron chi connectivity index (χ2n) is 5.70. The zero-order valence-corrected chi connectivity index (χ0v) is 12.7. The summed E-state index contributed by atoms with van der Waals surface area (Å²) in [5.41, 5.74) is 1.59. The molecule has 0 aliphatic carbocycles. The van der Waals surface area contributed by atoms with Crippen molar-refractivity contribution in [3.05, 3.63) is 31.0 Å². The average Bonchev–Trinajstić information content (AvgIpc) is 3.17. The standard InChI is InChI=1S/C15H17N5O2/c1-4-15(2,3)14(21)22-20-6-5-11-12(10-7-18-19-8-10)16-9-17-13(11)20/h5-9H,4H2,1-3H3,(H,18,19). The smallest absolute Gasteiger partial charge is 0.334 e. The molecule has 1 N–H and O–H groups in total. The molecular weight excluding hydrogens is 282 g/mol. The van der Waals surface area contributed by atoms with Gasteiger partial charge in [-0.1, -0.05) is 6.92 Å². The van der Waals surface area contributed by atoms with Crippen LogP contribution in [0.2, 0.25) is 0 Å². The molecule has 0 amide bonds. The minimum absolute atomic E-state index is 0.295. The lowest BCUT2D eigenvalue weighted by molar-refractivity contribution is -0.154. The lowest BCUT2D eigenvalue weighted by Crippen LogP contribution is -2.32. The molecule has 0 spiro atoms. The number of hydrogen-bond donors (Lipinski definition) is 1. The van der Waals surface area contributed by atoms with Crippen molar-refractivity contribution >= 4 is 17.0 Å². The molecule has 3 aromatic heterocycles. The van der Waals surface area contributed by atoms with Crippen molar-refractivity contribution in [1.29, 1.82) is 0 Å². The molecule has 0 aliphatic heterocycles. The largest absolute Gasteiger partial charge is 0.338 e. The highest BCUT2D eigenvalue weighted by Gasteiger charge is 2.28. The van der Waals surface area contributed by atoms with E-state index in [-0.39, 0.29) is 5.97 Å². The van der Waals surface area contributed by atoms with E-state index >= 15 is 0 Å². The minimum atomic E-state index is -0.545. The average molecular weight is 299 g/mol. The van der Waals surface area contributed by atoms with Crippen LogP contribution in [0.15, 0.2) is 31.0 Å². The zero-order valence-electron chi connectivity index (χ0n) is 12.7. The maximum absolute atomic E-state index is 12.2. The molecule has 3 rings (SSSR count). The molecule has 7 heteroatoms. The van der Waals surface area contributed by atoms with Gasteiger partial charge in [0.2, 0.25) is 0 Å². The number of nitrogens with zero attached hydrogens (tertiary/aromatic N) is 4. The highest BCUT2D eigenvalue weighted by molar-refractivity contribution is 5.90. The first-order valence-corrected chi connectivity index (χ1v) is 7.07. The Bertz CT molecular complexity index is 805. The van der Waals surface area contributed by atoms with Crippen molar-refractivity contribution < 1.29 is 9.63 Å². The normalized spacial score (nSPS) is 11.8. The fraction of sp³-hybridized carbons (Fsp3) is 0.333. The quantitative estimate of drug-likeness (QED) is 0.798. The maximum Gasteiger partial charge on any atom is 0.338 e. The predicted molar refractivity (Wildman–Crippen MR) is 80.8 cm³/mol. The number of nitrogens with one attached hydrogen (secondary N) is 1. The Hall–Kier alpha value is -2.70. The van der Waals surface area contributed by atoms with Gasteiger partial charge in [-0.05, 0) is 26.3 Å². The number of hydrogen-bond acceptors (Lipinski definition) is 5. The van der Waals surface area contributed by atoms with Crippen LogP contribution in [-0.4, -0.2) is 30.9 Å². The molecular formula is C15H17N5O2. The first-order valence-electron chi connectivity index (χ1n) is 7.07. The van der Waals surface area contributed by atoms with Crippen LogP contribution < -0.4 is 4.84 Å². The van der Waals surface area contributed by atoms with Crippen LogP contribution in [0.4, 0.5) is 0 Å². The van der Waals surface area contributed by atoms with E-state index in [2.05, 4.69) is 20.2 Å². The van der Waals surface area contributed by atoms with Gasteiger partial charge in [0.25, 0.3) is 0 Å². The van der Waals surface area contributed by atoms with E-state index in [0.717, 1.165) is 16.6 Å². The van der Waals surface area contributed by atoms with Crippen LogP contribution in [0.1, 0.15) is 27.2 Å². The van der Waals surface area contributed by atoms with Gasteiger partial charge >= 0.3 is 5.97 Å². The van der Waals surface area contributed by atoms with E-state index in [9.17, 15) is 4.79 Å². The van der Waals surface area contributed by atoms with E-state index in [1.54, 1.807) is 18.6 Å². The van der Waals surface area contributed by atoms with Crippen molar-refractivity contribution in [1.82, 2.24) is 24.9 Å². The van der Waals surface area contributed by atoms with Crippen molar-refractivity contribution in [3.63, 3.8) is 0 Å². The van der Waals surface area contributed by atoms with Crippen molar-refractivity contribution in [2.45, 2.75) is 27.2 Å². The molecule has 0 aromatic carbocycles. The summed E-state index contributed by atoms with van der Waals surface area (Å²) in [5.74, 6) is -0.295. The number of carbonyl (C=O) groups is 1. The van der Waals surface area contributed by atoms with Gasteiger partial charge in [0.05, 0.1) is 17.3 Å². The second-order valence-corrected chi connectivity index (χ2v) is 5.70. The fourth-order valence-corrected chi connectivity index (χ4v) is 1.97. The highest BCUT2D eigenvalue weighted by Crippen LogP contribution is 2.25. The molecule has 7 nitrogen and oxygen atoms in total. The van der Waals surface area contributed by atoms with Crippen molar-refractivity contribution in [3.8, 4) is 11.3 Å². The predicted octanol–water partition coefficient (Wildman–Crippen LogP) is 2.21. The molecule has 0 aliphatic rings. The van der Waals surface area contributed by atoms with Crippen LogP contribution in [0.3, 0.4) is 0 Å². The molecule has 0 fully saturated rings. The SMILES string of the molecule is CCC(C)(C)C(=O)On1ccc2c(-c3cn[nH]c3)ncnc21. The Morgan fingerprint density at radius 2 is 2.23 bits per heavy atom. The third-order valence-corrected chi connectivity index (χ3v) is 3.84. The van der Waals surface area contributed by atoms with Crippen molar-refractivity contribution in [2.75, 3.05) is 0 Å². The minimum Gasteiger partial charge on any atom is -0.334 e. The fourth-order valence-electron chi connectivity index (χ4n) is 1.97. The van der Waals surface area contributed by atoms with E-state index in [1.807, 2.05) is 26.8 Å². The number of carbonyl (C=O) groups excluding carboxylic acids is 1. The van der Waals surface area contributed by atoms with Gasteiger partial charge in [-0.3, -0.25) is 5.10 Å². The first-order chi connectivity index (χ1) is 10.5. The molecule has 0 unspecified atom stereocenters. The van der Waals surface area contributed by atoms with Crippen molar-refractivity contribution in [2.24, 2.45) is 5.41 Å². The molecule has 0 atom stereocenters. The molecule has 0 saturated heterocycles. The number of H-pyrrole nitrogens is 1. The number of aromatic nitrogens is 5. The van der Waals surface area contributed by atoms with Crippen LogP contribution in [0.5, 0.6) is 0 Å². The van der Waals surface area contributed by atoms with Crippen LogP contribution >= 0.6 is 0 Å². The van der Waals surface area contributed by atoms with Gasteiger partial charge in [0.15, 0.2) is 5.65 Å². The Balaban J connectivity index is 2.00. The lowest BCUT2D eigenvalue weighted by atomic mass is 9.91. The zero-order chi connectivity index (χ0) is 15.7. The third kappa shape index (κ3) is 2.34. The molecule has 3 heterocycles. The number of rotatable bonds is 4. The van der Waals surface area contributed by atoms with Gasteiger partial charge in [-0.25, -0.2) is 14.8 Å². The lowest BCUT2D eigenvalue weighted by Gasteiger charge is -2.19. The summed E-state index contributed by atoms with van der Waals surface area (Å²) >= 11 is 0. The van der Waals surface area contributed by atoms with Gasteiger partial charge in [0.1, 0.15) is 6.33 Å². The van der Waals surface area contributed by atoms with E-state index < -0.39 is 5.41 Å². The third-order valence-electron chi connectivity index (χ3n) is 3.84. The monoisotopic (exact) mass is 299 g/mol. The van der Waals surface area contributed by atoms with Gasteiger partial charge in [-0.15, -0.1) is 0 Å². The molecule has 0 saturated carbocycles. The number of aromatic amines is 1. The summed E-state index contributed by atoms with van der Waals surface area (Å²) in [5, 5.41) is 7.48. The van der Waals surface area contributed by atoms with E-state index in [1.165, 1.54) is 11.1 Å². The number of fused-ring (bicyclic) bond motifs is 1. The summed E-state index contributed by atoms with van der Waals surface area (Å²) < 4.78 is 1.39. The van der Waals surface area contributed by atoms with E-state index in [0.29, 0.717) is 12.1 Å². The maximum atomic E-state index is 12.2. The van der Waals surface area contributed by atoms with Crippen LogP contribution in [-0.2, 0) is 4.79 Å². The van der Waals surface area contributed by atoms with Gasteiger partial charge in [-0.2, -0.15) is 9.83 Å². The Labute approximate surface area is 127 Å². The highest BCUT2D eigenvalue weighted by atomic mass is 16.7. The topological polar surface area (TPSA) is 85.7 Å². The molecule has 114 valence electrons. The summed E-state index contributed by atoms with van der Waals surface area (Å²) in [7, 11) is 0. The van der Waals surface area contributed by atoms with Crippen LogP contribution in [0.25, 0.3) is 22.3 Å². The summed E-state index contributed by atoms with van der Waals surface area (Å²) in [6.07, 6.45) is 7.25. The Morgan fingerprint density at radius 1 is 1.41 bits per heavy atom. The molecule has 3 aromatic rings. The summed E-state index contributed by atoms with van der Waals surface area (Å²) in [6.45, 7) is 5.66. The molecule has 0 radical (unpaired) electrons. The van der Waals surface area contributed by atoms with Crippen LogP contribution in [0, 0.1) is 5.41 Å². The Kier molecular flexibility index (Phi) is 3.40.